The van der Waals surface area contributed by atoms with E-state index in [1.807, 2.05) is 18.2 Å². The van der Waals surface area contributed by atoms with Crippen molar-refractivity contribution in [2.24, 2.45) is 0 Å². The van der Waals surface area contributed by atoms with Crippen molar-refractivity contribution in [3.05, 3.63) is 76.4 Å². The van der Waals surface area contributed by atoms with E-state index < -0.39 is 0 Å². The number of fused-ring (bicyclic) bond motifs is 2. The molecule has 0 radical (unpaired) electrons. The van der Waals surface area contributed by atoms with Gasteiger partial charge in [-0.15, -0.1) is 0 Å². The van der Waals surface area contributed by atoms with Gasteiger partial charge in [0.2, 0.25) is 5.95 Å². The van der Waals surface area contributed by atoms with E-state index in [0.717, 1.165) is 21.9 Å². The molecule has 0 saturated carbocycles. The molecule has 7 nitrogen and oxygen atoms in total. The van der Waals surface area contributed by atoms with Gasteiger partial charge in [-0.3, -0.25) is 9.89 Å². The summed E-state index contributed by atoms with van der Waals surface area (Å²) >= 11 is 12.1. The average Bonchev–Trinajstić information content (AvgIpc) is 3.35. The molecular formula is C21H14Cl2N6O. The number of amides is 1. The molecule has 9 heteroatoms. The predicted octanol–water partition coefficient (Wildman–Crippen LogP) is 5.74. The van der Waals surface area contributed by atoms with Crippen LogP contribution in [-0.2, 0) is 0 Å². The maximum Gasteiger partial charge on any atom is 0.255 e. The summed E-state index contributed by atoms with van der Waals surface area (Å²) in [6, 6.07) is 16.0. The number of halogens is 2. The third-order valence-electron chi connectivity index (χ3n) is 4.63. The van der Waals surface area contributed by atoms with Crippen molar-refractivity contribution < 1.29 is 4.79 Å². The fourth-order valence-electron chi connectivity index (χ4n) is 3.15. The van der Waals surface area contributed by atoms with E-state index in [2.05, 4.69) is 30.8 Å². The van der Waals surface area contributed by atoms with Gasteiger partial charge in [-0.2, -0.15) is 5.10 Å². The van der Waals surface area contributed by atoms with Crippen molar-refractivity contribution in [3.63, 3.8) is 0 Å². The summed E-state index contributed by atoms with van der Waals surface area (Å²) in [4.78, 5) is 20.3. The SMILES string of the molecule is O=C(Nc1ccc2cn[nH]c2c1)c1ccc2nc(Nc3ccc(Cl)cc3Cl)[nH]c2c1. The van der Waals surface area contributed by atoms with Gasteiger partial charge in [-0.25, -0.2) is 4.98 Å². The van der Waals surface area contributed by atoms with E-state index in [4.69, 9.17) is 23.2 Å². The number of H-pyrrole nitrogens is 2. The van der Waals surface area contributed by atoms with E-state index in [9.17, 15) is 4.79 Å². The molecule has 3 aromatic carbocycles. The lowest BCUT2D eigenvalue weighted by atomic mass is 10.1. The molecule has 30 heavy (non-hydrogen) atoms. The van der Waals surface area contributed by atoms with Gasteiger partial charge in [0.05, 0.1) is 33.5 Å². The Balaban J connectivity index is 1.38. The number of rotatable bonds is 4. The van der Waals surface area contributed by atoms with Crippen molar-refractivity contribution in [2.75, 3.05) is 10.6 Å². The fraction of sp³-hybridized carbons (Fsp3) is 0. The summed E-state index contributed by atoms with van der Waals surface area (Å²) in [7, 11) is 0. The van der Waals surface area contributed by atoms with Crippen LogP contribution in [-0.4, -0.2) is 26.1 Å². The third kappa shape index (κ3) is 3.56. The van der Waals surface area contributed by atoms with Crippen molar-refractivity contribution in [2.45, 2.75) is 0 Å². The number of hydrogen-bond donors (Lipinski definition) is 4. The quantitative estimate of drug-likeness (QED) is 0.288. The lowest BCUT2D eigenvalue weighted by Gasteiger charge is -2.05. The van der Waals surface area contributed by atoms with Crippen LogP contribution in [0.4, 0.5) is 17.3 Å². The fourth-order valence-corrected chi connectivity index (χ4v) is 3.60. The summed E-state index contributed by atoms with van der Waals surface area (Å²) in [5.74, 6) is 0.289. The number of imidazole rings is 1. The van der Waals surface area contributed by atoms with E-state index in [1.54, 1.807) is 42.6 Å². The zero-order chi connectivity index (χ0) is 20.7. The zero-order valence-electron chi connectivity index (χ0n) is 15.3. The number of nitrogens with one attached hydrogen (secondary N) is 4. The molecule has 148 valence electrons. The van der Waals surface area contributed by atoms with Crippen molar-refractivity contribution >= 4 is 68.4 Å². The average molecular weight is 437 g/mol. The molecule has 0 aliphatic carbocycles. The maximum atomic E-state index is 12.7. The molecule has 0 saturated heterocycles. The van der Waals surface area contributed by atoms with Gasteiger partial charge in [0.15, 0.2) is 0 Å². The van der Waals surface area contributed by atoms with Crippen LogP contribution in [0.3, 0.4) is 0 Å². The second-order valence-electron chi connectivity index (χ2n) is 6.69. The Morgan fingerprint density at radius 3 is 2.73 bits per heavy atom. The normalized spacial score (nSPS) is 11.1. The Kier molecular flexibility index (Phi) is 4.54. The Labute approximate surface area is 180 Å². The number of aromatic amines is 2. The van der Waals surface area contributed by atoms with Crippen LogP contribution >= 0.6 is 23.2 Å². The molecule has 4 N–H and O–H groups in total. The number of hydrogen-bond acceptors (Lipinski definition) is 4. The molecule has 0 fully saturated rings. The highest BCUT2D eigenvalue weighted by atomic mass is 35.5. The molecule has 0 aliphatic heterocycles. The van der Waals surface area contributed by atoms with Crippen LogP contribution in [0.1, 0.15) is 10.4 Å². The second kappa shape index (κ2) is 7.37. The largest absolute Gasteiger partial charge is 0.324 e. The smallest absolute Gasteiger partial charge is 0.255 e. The molecule has 0 spiro atoms. The first-order chi connectivity index (χ1) is 14.5. The van der Waals surface area contributed by atoms with Gasteiger partial charge in [0.1, 0.15) is 0 Å². The summed E-state index contributed by atoms with van der Waals surface area (Å²) < 4.78 is 0. The predicted molar refractivity (Wildman–Crippen MR) is 120 cm³/mol. The summed E-state index contributed by atoms with van der Waals surface area (Å²) in [6.45, 7) is 0. The minimum Gasteiger partial charge on any atom is -0.324 e. The minimum absolute atomic E-state index is 0.222. The highest BCUT2D eigenvalue weighted by molar-refractivity contribution is 6.36. The van der Waals surface area contributed by atoms with Gasteiger partial charge in [0.25, 0.3) is 5.91 Å². The number of anilines is 3. The van der Waals surface area contributed by atoms with Crippen molar-refractivity contribution in [3.8, 4) is 0 Å². The topological polar surface area (TPSA) is 98.5 Å². The number of aromatic nitrogens is 4. The van der Waals surface area contributed by atoms with Crippen LogP contribution in [0.25, 0.3) is 21.9 Å². The van der Waals surface area contributed by atoms with Gasteiger partial charge in [0, 0.05) is 21.7 Å². The first kappa shape index (κ1) is 18.5. The lowest BCUT2D eigenvalue weighted by molar-refractivity contribution is 0.102. The second-order valence-corrected chi connectivity index (χ2v) is 7.54. The van der Waals surface area contributed by atoms with Crippen molar-refractivity contribution in [1.82, 2.24) is 20.2 Å². The monoisotopic (exact) mass is 436 g/mol. The molecule has 0 bridgehead atoms. The van der Waals surface area contributed by atoms with Crippen LogP contribution < -0.4 is 10.6 Å². The first-order valence-electron chi connectivity index (χ1n) is 9.01. The van der Waals surface area contributed by atoms with Crippen LogP contribution in [0, 0.1) is 0 Å². The molecule has 5 aromatic rings. The third-order valence-corrected chi connectivity index (χ3v) is 5.18. The molecular weight excluding hydrogens is 423 g/mol. The van der Waals surface area contributed by atoms with E-state index in [-0.39, 0.29) is 5.91 Å². The number of nitrogens with zero attached hydrogens (tertiary/aromatic N) is 2. The summed E-state index contributed by atoms with van der Waals surface area (Å²) in [5.41, 5.74) is 4.16. The standard InChI is InChI=1S/C21H14Cl2N6O/c22-13-3-6-16(15(23)8-13)26-21-27-17-5-2-11(7-19(17)28-21)20(30)25-14-4-1-12-10-24-29-18(12)9-14/h1-10H,(H,24,29)(H,25,30)(H2,26,27,28). The highest BCUT2D eigenvalue weighted by Crippen LogP contribution is 2.28. The van der Waals surface area contributed by atoms with Gasteiger partial charge in [-0.1, -0.05) is 23.2 Å². The molecule has 5 rings (SSSR count). The lowest BCUT2D eigenvalue weighted by Crippen LogP contribution is -2.11. The molecule has 0 unspecified atom stereocenters. The van der Waals surface area contributed by atoms with Crippen LogP contribution in [0.2, 0.25) is 10.0 Å². The van der Waals surface area contributed by atoms with Gasteiger partial charge >= 0.3 is 0 Å². The van der Waals surface area contributed by atoms with Crippen LogP contribution in [0.15, 0.2) is 60.8 Å². The van der Waals surface area contributed by atoms with Crippen molar-refractivity contribution in [1.29, 1.82) is 0 Å². The number of carbonyl (C=O) groups excluding carboxylic acids is 1. The highest BCUT2D eigenvalue weighted by Gasteiger charge is 2.11. The summed E-state index contributed by atoms with van der Waals surface area (Å²) in [5, 5.41) is 14.9. The van der Waals surface area contributed by atoms with Gasteiger partial charge < -0.3 is 15.6 Å². The molecule has 2 aromatic heterocycles. The Bertz CT molecular complexity index is 1410. The minimum atomic E-state index is -0.222. The molecule has 0 atom stereocenters. The van der Waals surface area contributed by atoms with Crippen LogP contribution in [0.5, 0.6) is 0 Å². The molecule has 0 aliphatic rings. The maximum absolute atomic E-state index is 12.7. The van der Waals surface area contributed by atoms with E-state index in [1.165, 1.54) is 0 Å². The number of benzene rings is 3. The Morgan fingerprint density at radius 1 is 0.967 bits per heavy atom. The first-order valence-corrected chi connectivity index (χ1v) is 9.77. The molecule has 1 amide bonds. The number of carbonyl (C=O) groups is 1. The Morgan fingerprint density at radius 2 is 1.87 bits per heavy atom. The summed E-state index contributed by atoms with van der Waals surface area (Å²) in [6.07, 6.45) is 1.73. The zero-order valence-corrected chi connectivity index (χ0v) is 16.8. The van der Waals surface area contributed by atoms with E-state index >= 15 is 0 Å². The molecule has 2 heterocycles. The Hall–Kier alpha value is -3.55. The van der Waals surface area contributed by atoms with E-state index in [0.29, 0.717) is 32.9 Å². The van der Waals surface area contributed by atoms with Gasteiger partial charge in [-0.05, 0) is 54.6 Å².